The van der Waals surface area contributed by atoms with Crippen LogP contribution in [-0.4, -0.2) is 47.5 Å². The number of thiocarbonyl (C=S) groups is 1. The molecule has 0 radical (unpaired) electrons. The molecule has 1 aliphatic rings. The van der Waals surface area contributed by atoms with E-state index in [2.05, 4.69) is 22.4 Å². The number of hydrogen-bond acceptors (Lipinski definition) is 4. The molecule has 0 aliphatic carbocycles. The fourth-order valence-corrected chi connectivity index (χ4v) is 1.31. The second-order valence-electron chi connectivity index (χ2n) is 2.69. The zero-order valence-corrected chi connectivity index (χ0v) is 9.17. The van der Waals surface area contributed by atoms with Crippen molar-refractivity contribution in [1.82, 2.24) is 15.3 Å². The maximum absolute atomic E-state index is 4.75. The molecule has 1 heterocycles. The zero-order chi connectivity index (χ0) is 8.27. The van der Waals surface area contributed by atoms with Crippen LogP contribution in [0.3, 0.4) is 0 Å². The third-order valence-corrected chi connectivity index (χ3v) is 1.94. The van der Waals surface area contributed by atoms with Gasteiger partial charge in [0.15, 0.2) is 0 Å². The minimum Gasteiger partial charge on any atom is -0.410 e. The Morgan fingerprint density at radius 2 is 1.83 bits per heavy atom. The van der Waals surface area contributed by atoms with Crippen LogP contribution in [0.1, 0.15) is 0 Å². The van der Waals surface area contributed by atoms with Crippen molar-refractivity contribution in [1.29, 1.82) is 0 Å². The Hall–Kier alpha value is 0.627. The molecule has 0 aromatic rings. The molecule has 1 saturated heterocycles. The average molecular weight is 197 g/mol. The number of piperazine rings is 1. The van der Waals surface area contributed by atoms with Crippen LogP contribution < -0.4 is 24.3 Å². The summed E-state index contributed by atoms with van der Waals surface area (Å²) in [4.78, 5) is 2.28. The number of hydrazine groups is 1. The van der Waals surface area contributed by atoms with Crippen molar-refractivity contribution in [3.8, 4) is 0 Å². The SMILES string of the molecule is CN1CCN(NC(=S)[S-])CC1.[Li+]. The Morgan fingerprint density at radius 1 is 1.33 bits per heavy atom. The van der Waals surface area contributed by atoms with E-state index in [1.807, 2.05) is 0 Å². The van der Waals surface area contributed by atoms with Gasteiger partial charge < -0.3 is 35.2 Å². The van der Waals surface area contributed by atoms with Gasteiger partial charge in [0.25, 0.3) is 0 Å². The van der Waals surface area contributed by atoms with E-state index in [1.165, 1.54) is 0 Å². The summed E-state index contributed by atoms with van der Waals surface area (Å²) in [7, 11) is 2.11. The Kier molecular flexibility index (Phi) is 6.46. The van der Waals surface area contributed by atoms with E-state index in [-0.39, 0.29) is 18.9 Å². The molecule has 6 heteroatoms. The number of nitrogens with one attached hydrogen (secondary N) is 1. The first kappa shape index (κ1) is 12.6. The van der Waals surface area contributed by atoms with Gasteiger partial charge in [-0.25, -0.2) is 5.01 Å². The molecule has 1 aliphatic heterocycles. The topological polar surface area (TPSA) is 18.5 Å². The van der Waals surface area contributed by atoms with Gasteiger partial charge in [-0.05, 0) is 11.4 Å². The predicted octanol–water partition coefficient (Wildman–Crippen LogP) is -3.43. The summed E-state index contributed by atoms with van der Waals surface area (Å²) in [5.74, 6) is 0. The second kappa shape index (κ2) is 6.14. The molecule has 0 aromatic heterocycles. The molecule has 3 nitrogen and oxygen atoms in total. The first-order chi connectivity index (χ1) is 5.18. The van der Waals surface area contributed by atoms with Crippen LogP contribution in [0.5, 0.6) is 0 Å². The monoisotopic (exact) mass is 197 g/mol. The summed E-state index contributed by atoms with van der Waals surface area (Å²) in [6.45, 7) is 4.14. The van der Waals surface area contributed by atoms with E-state index in [0.717, 1.165) is 26.2 Å². The molecular weight excluding hydrogens is 185 g/mol. The first-order valence-corrected chi connectivity index (χ1v) is 4.41. The van der Waals surface area contributed by atoms with Crippen LogP contribution in [0.4, 0.5) is 0 Å². The van der Waals surface area contributed by atoms with Crippen molar-refractivity contribution in [2.45, 2.75) is 0 Å². The standard InChI is InChI=1S/C6H13N3S2.Li/c1-8-2-4-9(5-3-8)7-6(10)11;/h2-5H2,1H3,(H2,7,10,11);/q;+1/p-1. The van der Waals surface area contributed by atoms with Gasteiger partial charge in [-0.2, -0.15) is 0 Å². The molecule has 0 bridgehead atoms. The Morgan fingerprint density at radius 3 is 2.25 bits per heavy atom. The number of likely N-dealkylation sites (N-methyl/N-ethyl adjacent to an activating group) is 1. The zero-order valence-electron chi connectivity index (χ0n) is 7.54. The van der Waals surface area contributed by atoms with Crippen molar-refractivity contribution >= 4 is 29.2 Å². The summed E-state index contributed by atoms with van der Waals surface area (Å²) in [6, 6.07) is 0. The van der Waals surface area contributed by atoms with E-state index in [1.54, 1.807) is 0 Å². The molecule has 0 atom stereocenters. The number of hydrogen-bond donors (Lipinski definition) is 1. The smallest absolute Gasteiger partial charge is 0.410 e. The summed E-state index contributed by atoms with van der Waals surface area (Å²) < 4.78 is 0.439. The van der Waals surface area contributed by atoms with Crippen LogP contribution >= 0.6 is 12.2 Å². The third kappa shape index (κ3) is 4.60. The normalized spacial score (nSPS) is 19.8. The second-order valence-corrected chi connectivity index (χ2v) is 3.76. The minimum atomic E-state index is 0. The molecule has 64 valence electrons. The summed E-state index contributed by atoms with van der Waals surface area (Å²) >= 11 is 9.51. The third-order valence-electron chi connectivity index (χ3n) is 1.75. The molecular formula is C6H12LiN3S2. The van der Waals surface area contributed by atoms with Crippen molar-refractivity contribution in [3.63, 3.8) is 0 Å². The molecule has 0 spiro atoms. The molecule has 0 unspecified atom stereocenters. The molecule has 1 rings (SSSR count). The number of nitrogens with zero attached hydrogens (tertiary/aromatic N) is 2. The molecule has 12 heavy (non-hydrogen) atoms. The van der Waals surface area contributed by atoms with Crippen LogP contribution in [-0.2, 0) is 12.6 Å². The van der Waals surface area contributed by atoms with Crippen molar-refractivity contribution < 1.29 is 18.9 Å². The Balaban J connectivity index is 0.00000121. The van der Waals surface area contributed by atoms with Crippen molar-refractivity contribution in [2.75, 3.05) is 33.2 Å². The van der Waals surface area contributed by atoms with Crippen molar-refractivity contribution in [2.24, 2.45) is 0 Å². The largest absolute Gasteiger partial charge is 1.00 e. The van der Waals surface area contributed by atoms with Crippen LogP contribution in [0.2, 0.25) is 0 Å². The summed E-state index contributed by atoms with van der Waals surface area (Å²) in [5.41, 5.74) is 2.96. The van der Waals surface area contributed by atoms with Gasteiger partial charge >= 0.3 is 18.9 Å². The maximum atomic E-state index is 4.75. The molecule has 1 N–H and O–H groups in total. The van der Waals surface area contributed by atoms with Crippen molar-refractivity contribution in [3.05, 3.63) is 0 Å². The molecule has 0 amide bonds. The molecule has 0 aromatic carbocycles. The first-order valence-electron chi connectivity index (χ1n) is 3.59. The van der Waals surface area contributed by atoms with Gasteiger partial charge in [-0.1, -0.05) is 0 Å². The predicted molar refractivity (Wildman–Crippen MR) is 52.2 cm³/mol. The summed E-state index contributed by atoms with van der Waals surface area (Å²) in [5, 5.41) is 2.06. The van der Waals surface area contributed by atoms with Gasteiger partial charge in [-0.15, -0.1) is 0 Å². The van der Waals surface area contributed by atoms with Gasteiger partial charge in [0, 0.05) is 26.2 Å². The van der Waals surface area contributed by atoms with Gasteiger partial charge in [0.2, 0.25) is 0 Å². The van der Waals surface area contributed by atoms with E-state index in [0.29, 0.717) is 4.32 Å². The minimum absolute atomic E-state index is 0. The Labute approximate surface area is 96.4 Å². The van der Waals surface area contributed by atoms with E-state index < -0.39 is 0 Å². The van der Waals surface area contributed by atoms with Crippen LogP contribution in [0.15, 0.2) is 0 Å². The maximum Gasteiger partial charge on any atom is 1.00 e. The molecule has 1 fully saturated rings. The number of rotatable bonds is 1. The van der Waals surface area contributed by atoms with Crippen LogP contribution in [0, 0.1) is 0 Å². The molecule has 0 saturated carbocycles. The Bertz CT molecular complexity index is 148. The van der Waals surface area contributed by atoms with E-state index in [4.69, 9.17) is 24.8 Å². The fourth-order valence-electron chi connectivity index (χ4n) is 1.05. The quantitative estimate of drug-likeness (QED) is 0.267. The average Bonchev–Trinajstić information content (AvgIpc) is 1.93. The van der Waals surface area contributed by atoms with Gasteiger partial charge in [0.1, 0.15) is 0 Å². The van der Waals surface area contributed by atoms with Crippen LogP contribution in [0.25, 0.3) is 0 Å². The van der Waals surface area contributed by atoms with Gasteiger partial charge in [-0.3, -0.25) is 0 Å². The fraction of sp³-hybridized carbons (Fsp3) is 0.833. The van der Waals surface area contributed by atoms with E-state index in [9.17, 15) is 0 Å². The van der Waals surface area contributed by atoms with Gasteiger partial charge in [0.05, 0.1) is 0 Å². The van der Waals surface area contributed by atoms with E-state index >= 15 is 0 Å². The summed E-state index contributed by atoms with van der Waals surface area (Å²) in [6.07, 6.45) is 0.